The predicted molar refractivity (Wildman–Crippen MR) is 59.4 cm³/mol. The highest BCUT2D eigenvalue weighted by molar-refractivity contribution is 5.59. The van der Waals surface area contributed by atoms with Crippen molar-refractivity contribution in [2.45, 2.75) is 19.4 Å². The van der Waals surface area contributed by atoms with E-state index in [-0.39, 0.29) is 12.0 Å². The zero-order valence-corrected chi connectivity index (χ0v) is 10.3. The molecular weight excluding hydrogens is 210 g/mol. The molecule has 94 valence electrons. The second-order valence-electron chi connectivity index (χ2n) is 4.36. The van der Waals surface area contributed by atoms with Crippen LogP contribution in [0.25, 0.3) is 0 Å². The van der Waals surface area contributed by atoms with Crippen LogP contribution in [0, 0.1) is 5.92 Å². The molecule has 0 bridgehead atoms. The highest BCUT2D eigenvalue weighted by atomic mass is 16.7. The maximum atomic E-state index is 10.8. The molecule has 0 N–H and O–H groups in total. The van der Waals surface area contributed by atoms with Crippen LogP contribution in [0.4, 0.5) is 4.79 Å². The van der Waals surface area contributed by atoms with Gasteiger partial charge in [-0.3, -0.25) is 0 Å². The van der Waals surface area contributed by atoms with Crippen LogP contribution < -0.4 is 0 Å². The molecule has 1 rings (SSSR count). The van der Waals surface area contributed by atoms with Crippen molar-refractivity contribution in [3.8, 4) is 0 Å². The number of morpholine rings is 1. The summed E-state index contributed by atoms with van der Waals surface area (Å²) in [6, 6.07) is 0. The molecule has 0 amide bonds. The third-order valence-electron chi connectivity index (χ3n) is 2.66. The van der Waals surface area contributed by atoms with Crippen molar-refractivity contribution in [3.05, 3.63) is 0 Å². The molecule has 1 aliphatic heterocycles. The van der Waals surface area contributed by atoms with Gasteiger partial charge in [0, 0.05) is 13.1 Å². The Morgan fingerprint density at radius 1 is 1.62 bits per heavy atom. The van der Waals surface area contributed by atoms with Gasteiger partial charge < -0.3 is 19.1 Å². The average molecular weight is 231 g/mol. The molecule has 0 aromatic heterocycles. The molecule has 2 unspecified atom stereocenters. The zero-order chi connectivity index (χ0) is 12.0. The van der Waals surface area contributed by atoms with E-state index >= 15 is 0 Å². The van der Waals surface area contributed by atoms with E-state index in [1.54, 1.807) is 0 Å². The second-order valence-corrected chi connectivity index (χ2v) is 4.36. The summed E-state index contributed by atoms with van der Waals surface area (Å²) in [5.74, 6) is 0.288. The Balaban J connectivity index is 2.17. The van der Waals surface area contributed by atoms with Crippen LogP contribution in [0.2, 0.25) is 0 Å². The molecule has 2 atom stereocenters. The minimum Gasteiger partial charge on any atom is -0.438 e. The number of rotatable bonds is 4. The summed E-state index contributed by atoms with van der Waals surface area (Å²) in [5.41, 5.74) is 0. The number of methoxy groups -OCH3 is 1. The lowest BCUT2D eigenvalue weighted by atomic mass is 10.0. The fourth-order valence-electron chi connectivity index (χ4n) is 1.80. The number of carbonyl (C=O) groups is 1. The fourth-order valence-corrected chi connectivity index (χ4v) is 1.80. The van der Waals surface area contributed by atoms with Crippen LogP contribution in [0.3, 0.4) is 0 Å². The lowest BCUT2D eigenvalue weighted by Gasteiger charge is -2.31. The summed E-state index contributed by atoms with van der Waals surface area (Å²) in [4.78, 5) is 13.0. The maximum absolute atomic E-state index is 10.8. The SMILES string of the molecule is COC(=O)OCC(C)CC1CN(C)CCO1. The molecule has 1 aliphatic rings. The van der Waals surface area contributed by atoms with Crippen molar-refractivity contribution in [3.63, 3.8) is 0 Å². The first kappa shape index (κ1) is 13.3. The third kappa shape index (κ3) is 4.81. The van der Waals surface area contributed by atoms with Crippen molar-refractivity contribution in [1.29, 1.82) is 0 Å². The summed E-state index contributed by atoms with van der Waals surface area (Å²) < 4.78 is 14.9. The van der Waals surface area contributed by atoms with Gasteiger partial charge in [0.1, 0.15) is 0 Å². The van der Waals surface area contributed by atoms with Crippen molar-refractivity contribution < 1.29 is 19.0 Å². The van der Waals surface area contributed by atoms with Crippen LogP contribution in [0.5, 0.6) is 0 Å². The van der Waals surface area contributed by atoms with Crippen LogP contribution in [-0.4, -0.2) is 57.6 Å². The highest BCUT2D eigenvalue weighted by Gasteiger charge is 2.20. The summed E-state index contributed by atoms with van der Waals surface area (Å²) in [6.07, 6.45) is 0.532. The van der Waals surface area contributed by atoms with Gasteiger partial charge in [-0.05, 0) is 19.4 Å². The minimum absolute atomic E-state index is 0.245. The zero-order valence-electron chi connectivity index (χ0n) is 10.3. The van der Waals surface area contributed by atoms with E-state index in [2.05, 4.69) is 16.7 Å². The molecule has 0 saturated carbocycles. The smallest absolute Gasteiger partial charge is 0.438 e. The fraction of sp³-hybridized carbons (Fsp3) is 0.909. The summed E-state index contributed by atoms with van der Waals surface area (Å²) in [7, 11) is 3.40. The maximum Gasteiger partial charge on any atom is 0.507 e. The molecule has 1 fully saturated rings. The molecule has 0 aromatic rings. The van der Waals surface area contributed by atoms with Gasteiger partial charge in [-0.2, -0.15) is 0 Å². The van der Waals surface area contributed by atoms with E-state index in [1.807, 2.05) is 6.92 Å². The van der Waals surface area contributed by atoms with E-state index in [0.717, 1.165) is 26.1 Å². The Hall–Kier alpha value is -0.810. The molecule has 5 heteroatoms. The minimum atomic E-state index is -0.617. The first-order chi connectivity index (χ1) is 7.61. The normalized spacial score (nSPS) is 23.8. The Bertz CT molecular complexity index is 222. The first-order valence-corrected chi connectivity index (χ1v) is 5.62. The first-order valence-electron chi connectivity index (χ1n) is 5.62. The lowest BCUT2D eigenvalue weighted by molar-refractivity contribution is -0.0353. The molecule has 0 radical (unpaired) electrons. The van der Waals surface area contributed by atoms with Crippen molar-refractivity contribution in [1.82, 2.24) is 4.90 Å². The van der Waals surface area contributed by atoms with Crippen molar-refractivity contribution in [2.24, 2.45) is 5.92 Å². The average Bonchev–Trinajstić information content (AvgIpc) is 2.26. The Labute approximate surface area is 96.6 Å². The van der Waals surface area contributed by atoms with E-state index in [0.29, 0.717) is 6.61 Å². The summed E-state index contributed by atoms with van der Waals surface area (Å²) in [6.45, 7) is 5.15. The van der Waals surface area contributed by atoms with E-state index < -0.39 is 6.16 Å². The third-order valence-corrected chi connectivity index (χ3v) is 2.66. The number of carbonyl (C=O) groups excluding carboxylic acids is 1. The van der Waals surface area contributed by atoms with Crippen LogP contribution in [-0.2, 0) is 14.2 Å². The van der Waals surface area contributed by atoms with Gasteiger partial charge in [-0.1, -0.05) is 6.92 Å². The van der Waals surface area contributed by atoms with Crippen LogP contribution in [0.15, 0.2) is 0 Å². The van der Waals surface area contributed by atoms with Gasteiger partial charge in [0.15, 0.2) is 0 Å². The molecule has 16 heavy (non-hydrogen) atoms. The standard InChI is InChI=1S/C11H21NO4/c1-9(8-16-11(13)14-3)6-10-7-12(2)4-5-15-10/h9-10H,4-8H2,1-3H3. The number of hydrogen-bond donors (Lipinski definition) is 0. The molecule has 0 aliphatic carbocycles. The van der Waals surface area contributed by atoms with Gasteiger partial charge >= 0.3 is 6.16 Å². The van der Waals surface area contributed by atoms with Gasteiger partial charge in [0.2, 0.25) is 0 Å². The number of hydrogen-bond acceptors (Lipinski definition) is 5. The predicted octanol–water partition coefficient (Wildman–Crippen LogP) is 1.13. The van der Waals surface area contributed by atoms with E-state index in [4.69, 9.17) is 9.47 Å². The quantitative estimate of drug-likeness (QED) is 0.679. The molecular formula is C11H21NO4. The molecule has 0 spiro atoms. The van der Waals surface area contributed by atoms with Crippen molar-refractivity contribution >= 4 is 6.16 Å². The Morgan fingerprint density at radius 3 is 3.00 bits per heavy atom. The van der Waals surface area contributed by atoms with E-state index in [9.17, 15) is 4.79 Å². The Morgan fingerprint density at radius 2 is 2.38 bits per heavy atom. The number of nitrogens with zero attached hydrogens (tertiary/aromatic N) is 1. The summed E-state index contributed by atoms with van der Waals surface area (Å²) >= 11 is 0. The van der Waals surface area contributed by atoms with Crippen LogP contribution in [0.1, 0.15) is 13.3 Å². The van der Waals surface area contributed by atoms with Gasteiger partial charge in [0.25, 0.3) is 0 Å². The van der Waals surface area contributed by atoms with Crippen molar-refractivity contribution in [2.75, 3.05) is 40.5 Å². The highest BCUT2D eigenvalue weighted by Crippen LogP contribution is 2.13. The van der Waals surface area contributed by atoms with Gasteiger partial charge in [-0.15, -0.1) is 0 Å². The summed E-state index contributed by atoms with van der Waals surface area (Å²) in [5, 5.41) is 0. The molecule has 1 saturated heterocycles. The molecule has 5 nitrogen and oxygen atoms in total. The lowest BCUT2D eigenvalue weighted by Crippen LogP contribution is -2.40. The molecule has 1 heterocycles. The largest absolute Gasteiger partial charge is 0.507 e. The van der Waals surface area contributed by atoms with Gasteiger partial charge in [-0.25, -0.2) is 4.79 Å². The van der Waals surface area contributed by atoms with E-state index in [1.165, 1.54) is 7.11 Å². The Kier molecular flexibility index (Phi) is 5.55. The topological polar surface area (TPSA) is 48.0 Å². The number of likely N-dealkylation sites (N-methyl/N-ethyl adjacent to an activating group) is 1. The molecule has 0 aromatic carbocycles. The van der Waals surface area contributed by atoms with Crippen LogP contribution >= 0.6 is 0 Å². The number of ether oxygens (including phenoxy) is 3. The second kappa shape index (κ2) is 6.70. The monoisotopic (exact) mass is 231 g/mol. The van der Waals surface area contributed by atoms with Gasteiger partial charge in [0.05, 0.1) is 26.4 Å².